The van der Waals surface area contributed by atoms with Gasteiger partial charge in [-0.25, -0.2) is 0 Å². The van der Waals surface area contributed by atoms with Crippen LogP contribution in [0.15, 0.2) is 12.2 Å². The van der Waals surface area contributed by atoms with Crippen molar-refractivity contribution in [3.8, 4) is 0 Å². The minimum absolute atomic E-state index is 0.495. The smallest absolute Gasteiger partial charge is 0.0733 e. The Morgan fingerprint density at radius 2 is 2.38 bits per heavy atom. The van der Waals surface area contributed by atoms with E-state index in [1.807, 2.05) is 0 Å². The summed E-state index contributed by atoms with van der Waals surface area (Å²) in [5.74, 6) is 0. The summed E-state index contributed by atoms with van der Waals surface area (Å²) in [6, 6.07) is 0.599. The first-order chi connectivity index (χ1) is 6.29. The first-order valence-corrected chi connectivity index (χ1v) is 5.35. The van der Waals surface area contributed by atoms with Crippen molar-refractivity contribution in [2.45, 2.75) is 50.9 Å². The van der Waals surface area contributed by atoms with Crippen molar-refractivity contribution in [2.75, 3.05) is 6.54 Å². The van der Waals surface area contributed by atoms with Gasteiger partial charge in [0.25, 0.3) is 0 Å². The van der Waals surface area contributed by atoms with E-state index in [0.29, 0.717) is 18.2 Å². The molecule has 2 heterocycles. The third-order valence-electron chi connectivity index (χ3n) is 3.22. The summed E-state index contributed by atoms with van der Waals surface area (Å²) in [6.07, 6.45) is 5.86. The lowest BCUT2D eigenvalue weighted by molar-refractivity contribution is 0.0978. The average molecular weight is 181 g/mol. The second kappa shape index (κ2) is 3.81. The van der Waals surface area contributed by atoms with Crippen LogP contribution in [0.2, 0.25) is 0 Å². The molecule has 0 aromatic carbocycles. The Balaban J connectivity index is 1.74. The van der Waals surface area contributed by atoms with Gasteiger partial charge < -0.3 is 10.1 Å². The minimum Gasteiger partial charge on any atom is -0.373 e. The number of fused-ring (bicyclic) bond motifs is 2. The van der Waals surface area contributed by atoms with Gasteiger partial charge in [0.1, 0.15) is 0 Å². The van der Waals surface area contributed by atoms with Crippen molar-refractivity contribution in [1.82, 2.24) is 5.32 Å². The minimum atomic E-state index is 0.495. The third kappa shape index (κ3) is 1.94. The van der Waals surface area contributed by atoms with Gasteiger partial charge in [0.15, 0.2) is 0 Å². The van der Waals surface area contributed by atoms with Crippen molar-refractivity contribution in [3.63, 3.8) is 0 Å². The number of hydrogen-bond acceptors (Lipinski definition) is 2. The fourth-order valence-corrected chi connectivity index (χ4v) is 2.25. The van der Waals surface area contributed by atoms with E-state index >= 15 is 0 Å². The molecule has 0 aromatic rings. The number of nitrogens with one attached hydrogen (secondary N) is 1. The molecule has 74 valence electrons. The quantitative estimate of drug-likeness (QED) is 0.668. The lowest BCUT2D eigenvalue weighted by atomic mass is 9.95. The number of rotatable bonds is 4. The molecule has 0 amide bonds. The van der Waals surface area contributed by atoms with Gasteiger partial charge in [0.2, 0.25) is 0 Å². The van der Waals surface area contributed by atoms with Gasteiger partial charge in [0, 0.05) is 12.6 Å². The number of hydrogen-bond donors (Lipinski definition) is 1. The van der Waals surface area contributed by atoms with Crippen LogP contribution in [0.3, 0.4) is 0 Å². The van der Waals surface area contributed by atoms with Crippen LogP contribution < -0.4 is 5.32 Å². The summed E-state index contributed by atoms with van der Waals surface area (Å²) in [5, 5.41) is 3.54. The maximum absolute atomic E-state index is 5.76. The zero-order valence-corrected chi connectivity index (χ0v) is 8.38. The molecule has 3 atom stereocenters. The molecular weight excluding hydrogens is 162 g/mol. The van der Waals surface area contributed by atoms with Gasteiger partial charge in [-0.2, -0.15) is 0 Å². The summed E-state index contributed by atoms with van der Waals surface area (Å²) >= 11 is 0. The predicted octanol–water partition coefficient (Wildman–Crippen LogP) is 1.86. The van der Waals surface area contributed by atoms with Gasteiger partial charge in [-0.3, -0.25) is 0 Å². The first-order valence-electron chi connectivity index (χ1n) is 5.35. The molecule has 0 spiro atoms. The largest absolute Gasteiger partial charge is 0.373 e. The van der Waals surface area contributed by atoms with Crippen LogP contribution in [0.25, 0.3) is 0 Å². The van der Waals surface area contributed by atoms with E-state index in [9.17, 15) is 0 Å². The van der Waals surface area contributed by atoms with Crippen molar-refractivity contribution >= 4 is 0 Å². The SMILES string of the molecule is C=C(CC)CNC1CC2CCC1O2. The van der Waals surface area contributed by atoms with Crippen LogP contribution in [0, 0.1) is 0 Å². The van der Waals surface area contributed by atoms with Gasteiger partial charge >= 0.3 is 0 Å². The van der Waals surface area contributed by atoms with Crippen molar-refractivity contribution in [3.05, 3.63) is 12.2 Å². The Morgan fingerprint density at radius 3 is 2.92 bits per heavy atom. The van der Waals surface area contributed by atoms with Crippen LogP contribution >= 0.6 is 0 Å². The molecule has 0 aliphatic carbocycles. The van der Waals surface area contributed by atoms with E-state index in [2.05, 4.69) is 18.8 Å². The van der Waals surface area contributed by atoms with Crippen LogP contribution in [0.1, 0.15) is 32.6 Å². The van der Waals surface area contributed by atoms with E-state index in [4.69, 9.17) is 4.74 Å². The van der Waals surface area contributed by atoms with E-state index in [1.54, 1.807) is 0 Å². The van der Waals surface area contributed by atoms with Gasteiger partial charge in [-0.05, 0) is 25.7 Å². The highest BCUT2D eigenvalue weighted by molar-refractivity contribution is 5.00. The topological polar surface area (TPSA) is 21.3 Å². The number of ether oxygens (including phenoxy) is 1. The van der Waals surface area contributed by atoms with E-state index < -0.39 is 0 Å². The molecule has 2 aliphatic rings. The molecule has 2 rings (SSSR count). The van der Waals surface area contributed by atoms with Gasteiger partial charge in [-0.15, -0.1) is 0 Å². The Morgan fingerprint density at radius 1 is 1.54 bits per heavy atom. The first kappa shape index (κ1) is 9.22. The summed E-state index contributed by atoms with van der Waals surface area (Å²) in [7, 11) is 0. The second-order valence-electron chi connectivity index (χ2n) is 4.20. The maximum Gasteiger partial charge on any atom is 0.0733 e. The monoisotopic (exact) mass is 181 g/mol. The fourth-order valence-electron chi connectivity index (χ4n) is 2.25. The zero-order valence-electron chi connectivity index (χ0n) is 8.38. The predicted molar refractivity (Wildman–Crippen MR) is 53.7 cm³/mol. The normalized spacial score (nSPS) is 36.8. The van der Waals surface area contributed by atoms with Gasteiger partial charge in [0.05, 0.1) is 12.2 Å². The molecule has 2 saturated heterocycles. The van der Waals surface area contributed by atoms with Crippen LogP contribution in [0.4, 0.5) is 0 Å². The van der Waals surface area contributed by atoms with E-state index in [-0.39, 0.29) is 0 Å². The molecule has 3 unspecified atom stereocenters. The Hall–Kier alpha value is -0.340. The lowest BCUT2D eigenvalue weighted by Gasteiger charge is -2.20. The fraction of sp³-hybridized carbons (Fsp3) is 0.818. The Labute approximate surface area is 80.4 Å². The standard InChI is InChI=1S/C11H19NO/c1-3-8(2)7-12-10-6-9-4-5-11(10)13-9/h9-12H,2-7H2,1H3. The van der Waals surface area contributed by atoms with E-state index in [1.165, 1.54) is 24.8 Å². The summed E-state index contributed by atoms with van der Waals surface area (Å²) in [6.45, 7) is 7.11. The molecule has 2 heteroatoms. The molecular formula is C11H19NO. The highest BCUT2D eigenvalue weighted by atomic mass is 16.5. The second-order valence-corrected chi connectivity index (χ2v) is 4.20. The highest BCUT2D eigenvalue weighted by Gasteiger charge is 2.40. The molecule has 2 bridgehead atoms. The molecule has 2 nitrogen and oxygen atoms in total. The summed E-state index contributed by atoms with van der Waals surface area (Å²) in [4.78, 5) is 0. The van der Waals surface area contributed by atoms with Crippen molar-refractivity contribution in [1.29, 1.82) is 0 Å². The van der Waals surface area contributed by atoms with Crippen molar-refractivity contribution < 1.29 is 4.74 Å². The lowest BCUT2D eigenvalue weighted by Crippen LogP contribution is -2.38. The molecule has 0 saturated carbocycles. The van der Waals surface area contributed by atoms with Crippen LogP contribution in [-0.4, -0.2) is 24.8 Å². The van der Waals surface area contributed by atoms with Gasteiger partial charge in [-0.1, -0.05) is 19.1 Å². The maximum atomic E-state index is 5.76. The summed E-state index contributed by atoms with van der Waals surface area (Å²) < 4.78 is 5.76. The molecule has 0 radical (unpaired) electrons. The Kier molecular flexibility index (Phi) is 2.70. The van der Waals surface area contributed by atoms with E-state index in [0.717, 1.165) is 13.0 Å². The van der Waals surface area contributed by atoms with Crippen LogP contribution in [0.5, 0.6) is 0 Å². The molecule has 1 N–H and O–H groups in total. The molecule has 0 aromatic heterocycles. The highest BCUT2D eigenvalue weighted by Crippen LogP contribution is 2.34. The Bertz CT molecular complexity index is 202. The molecule has 2 aliphatic heterocycles. The zero-order chi connectivity index (χ0) is 9.26. The summed E-state index contributed by atoms with van der Waals surface area (Å²) in [5.41, 5.74) is 1.29. The van der Waals surface area contributed by atoms with Crippen molar-refractivity contribution in [2.24, 2.45) is 0 Å². The average Bonchev–Trinajstić information content (AvgIpc) is 2.74. The molecule has 13 heavy (non-hydrogen) atoms. The molecule has 2 fully saturated rings. The van der Waals surface area contributed by atoms with Crippen LogP contribution in [-0.2, 0) is 4.74 Å². The third-order valence-corrected chi connectivity index (χ3v) is 3.22.